The van der Waals surface area contributed by atoms with Crippen LogP contribution in [-0.2, 0) is 9.59 Å². The van der Waals surface area contributed by atoms with Crippen LogP contribution < -0.4 is 10.2 Å². The zero-order chi connectivity index (χ0) is 18.0. The van der Waals surface area contributed by atoms with E-state index in [1.807, 2.05) is 0 Å². The van der Waals surface area contributed by atoms with Crippen molar-refractivity contribution < 1.29 is 19.3 Å². The number of non-ortho nitro benzene ring substituents is 1. The predicted octanol–water partition coefficient (Wildman–Crippen LogP) is 2.26. The minimum atomic E-state index is -0.958. The number of nitro benzene ring substituents is 1. The van der Waals surface area contributed by atoms with Gasteiger partial charge in [-0.15, -0.1) is 0 Å². The van der Waals surface area contributed by atoms with E-state index in [-0.39, 0.29) is 16.9 Å². The molecule has 4 amide bonds. The summed E-state index contributed by atoms with van der Waals surface area (Å²) in [4.78, 5) is 47.7. The molecule has 124 valence electrons. The van der Waals surface area contributed by atoms with E-state index in [4.69, 9.17) is 0 Å². The first-order valence-corrected chi connectivity index (χ1v) is 7.18. The van der Waals surface area contributed by atoms with Crippen LogP contribution >= 0.6 is 0 Å². The summed E-state index contributed by atoms with van der Waals surface area (Å²) in [7, 11) is 0. The minimum Gasteiger partial charge on any atom is -0.273 e. The van der Waals surface area contributed by atoms with Crippen molar-refractivity contribution in [1.82, 2.24) is 5.32 Å². The number of carbonyl (C=O) groups excluding carboxylic acids is 3. The molecule has 3 rings (SSSR count). The number of nitro groups is 1. The smallest absolute Gasteiger partial charge is 0.273 e. The van der Waals surface area contributed by atoms with Crippen molar-refractivity contribution in [1.29, 1.82) is 0 Å². The second-order valence-corrected chi connectivity index (χ2v) is 5.15. The number of imide groups is 2. The van der Waals surface area contributed by atoms with Gasteiger partial charge in [-0.25, -0.2) is 9.69 Å². The van der Waals surface area contributed by atoms with Crippen molar-refractivity contribution in [3.05, 3.63) is 75.8 Å². The van der Waals surface area contributed by atoms with Gasteiger partial charge in [-0.05, 0) is 17.7 Å². The second-order valence-electron chi connectivity index (χ2n) is 5.15. The molecule has 1 aliphatic heterocycles. The number of rotatable bonds is 3. The average molecular weight is 337 g/mol. The van der Waals surface area contributed by atoms with E-state index in [1.54, 1.807) is 30.3 Å². The molecule has 8 nitrogen and oxygen atoms in total. The third kappa shape index (κ3) is 3.13. The van der Waals surface area contributed by atoms with Gasteiger partial charge in [0, 0.05) is 12.1 Å². The highest BCUT2D eigenvalue weighted by molar-refractivity contribution is 6.39. The number of anilines is 1. The van der Waals surface area contributed by atoms with Crippen molar-refractivity contribution in [2.45, 2.75) is 0 Å². The maximum Gasteiger partial charge on any atom is 0.335 e. The zero-order valence-electron chi connectivity index (χ0n) is 12.7. The number of carbonyl (C=O) groups is 3. The number of urea groups is 1. The molecule has 0 aliphatic carbocycles. The lowest BCUT2D eigenvalue weighted by atomic mass is 10.1. The van der Waals surface area contributed by atoms with Crippen molar-refractivity contribution in [3.63, 3.8) is 0 Å². The summed E-state index contributed by atoms with van der Waals surface area (Å²) in [6.07, 6.45) is 1.36. The van der Waals surface area contributed by atoms with Crippen LogP contribution in [-0.4, -0.2) is 22.8 Å². The van der Waals surface area contributed by atoms with Crippen molar-refractivity contribution in [2.75, 3.05) is 4.90 Å². The summed E-state index contributed by atoms with van der Waals surface area (Å²) < 4.78 is 0. The molecule has 8 heteroatoms. The Hall–Kier alpha value is -3.81. The summed E-state index contributed by atoms with van der Waals surface area (Å²) in [5.41, 5.74) is 0.0957. The Morgan fingerprint density at radius 3 is 2.40 bits per heavy atom. The summed E-state index contributed by atoms with van der Waals surface area (Å²) in [5.74, 6) is -1.67. The molecule has 1 fully saturated rings. The molecular formula is C17H11N3O5. The van der Waals surface area contributed by atoms with Crippen LogP contribution in [0.1, 0.15) is 5.56 Å². The Morgan fingerprint density at radius 1 is 1.00 bits per heavy atom. The highest BCUT2D eigenvalue weighted by Crippen LogP contribution is 2.25. The Balaban J connectivity index is 2.03. The molecule has 1 aliphatic rings. The van der Waals surface area contributed by atoms with Crippen molar-refractivity contribution >= 4 is 35.3 Å². The van der Waals surface area contributed by atoms with Crippen molar-refractivity contribution in [3.8, 4) is 0 Å². The summed E-state index contributed by atoms with van der Waals surface area (Å²) in [5, 5.41) is 13.0. The van der Waals surface area contributed by atoms with Gasteiger partial charge in [0.05, 0.1) is 10.6 Å². The minimum absolute atomic E-state index is 0.00293. The van der Waals surface area contributed by atoms with Crippen LogP contribution in [0.5, 0.6) is 0 Å². The van der Waals surface area contributed by atoms with Gasteiger partial charge in [0.25, 0.3) is 17.5 Å². The fraction of sp³-hybridized carbons (Fsp3) is 0. The van der Waals surface area contributed by atoms with Gasteiger partial charge in [0.1, 0.15) is 5.57 Å². The number of nitrogens with zero attached hydrogens (tertiary/aromatic N) is 2. The molecule has 2 aromatic carbocycles. The van der Waals surface area contributed by atoms with Gasteiger partial charge < -0.3 is 0 Å². The van der Waals surface area contributed by atoms with Gasteiger partial charge in [0.15, 0.2) is 0 Å². The lowest BCUT2D eigenvalue weighted by molar-refractivity contribution is -0.384. The molecule has 0 saturated carbocycles. The normalized spacial score (nSPS) is 16.1. The van der Waals surface area contributed by atoms with Gasteiger partial charge in [-0.1, -0.05) is 36.4 Å². The fourth-order valence-corrected chi connectivity index (χ4v) is 2.35. The molecule has 1 saturated heterocycles. The third-order valence-electron chi connectivity index (χ3n) is 3.51. The molecule has 0 atom stereocenters. The fourth-order valence-electron chi connectivity index (χ4n) is 2.35. The van der Waals surface area contributed by atoms with Gasteiger partial charge in [-0.2, -0.15) is 0 Å². The average Bonchev–Trinajstić information content (AvgIpc) is 2.59. The topological polar surface area (TPSA) is 110 Å². The highest BCUT2D eigenvalue weighted by Gasteiger charge is 2.37. The number of benzene rings is 2. The van der Waals surface area contributed by atoms with E-state index in [0.717, 1.165) is 6.07 Å². The van der Waals surface area contributed by atoms with Crippen LogP contribution in [0.4, 0.5) is 16.2 Å². The van der Waals surface area contributed by atoms with Gasteiger partial charge in [-0.3, -0.25) is 25.0 Å². The predicted molar refractivity (Wildman–Crippen MR) is 88.5 cm³/mol. The first-order chi connectivity index (χ1) is 12.0. The van der Waals surface area contributed by atoms with Crippen molar-refractivity contribution in [2.24, 2.45) is 0 Å². The quantitative estimate of drug-likeness (QED) is 0.400. The lowest BCUT2D eigenvalue weighted by Gasteiger charge is -2.26. The molecular weight excluding hydrogens is 326 g/mol. The summed E-state index contributed by atoms with van der Waals surface area (Å²) in [6.45, 7) is 0. The number of barbiturate groups is 1. The maximum atomic E-state index is 12.6. The number of hydrogen-bond donors (Lipinski definition) is 1. The van der Waals surface area contributed by atoms with E-state index in [0.29, 0.717) is 10.5 Å². The first kappa shape index (κ1) is 16.1. The molecule has 0 aromatic heterocycles. The van der Waals surface area contributed by atoms with E-state index in [1.165, 1.54) is 24.3 Å². The van der Waals surface area contributed by atoms with Gasteiger partial charge >= 0.3 is 6.03 Å². The van der Waals surface area contributed by atoms with E-state index in [2.05, 4.69) is 5.32 Å². The Morgan fingerprint density at radius 2 is 1.72 bits per heavy atom. The van der Waals surface area contributed by atoms with E-state index in [9.17, 15) is 24.5 Å². The zero-order valence-corrected chi connectivity index (χ0v) is 12.7. The molecule has 2 aromatic rings. The summed E-state index contributed by atoms with van der Waals surface area (Å²) in [6, 6.07) is 12.7. The van der Waals surface area contributed by atoms with Crippen LogP contribution in [0, 0.1) is 10.1 Å². The Kier molecular flexibility index (Phi) is 4.09. The largest absolute Gasteiger partial charge is 0.335 e. The molecule has 0 radical (unpaired) electrons. The van der Waals surface area contributed by atoms with Crippen LogP contribution in [0.2, 0.25) is 0 Å². The molecule has 1 N–H and O–H groups in total. The van der Waals surface area contributed by atoms with E-state index < -0.39 is 22.8 Å². The van der Waals surface area contributed by atoms with Crippen LogP contribution in [0.15, 0.2) is 60.2 Å². The first-order valence-electron chi connectivity index (χ1n) is 7.18. The molecule has 0 bridgehead atoms. The maximum absolute atomic E-state index is 12.6. The second kappa shape index (κ2) is 6.36. The standard InChI is InChI=1S/C17H11N3O5/c21-15-14(9-11-5-2-1-3-6-11)16(22)19(17(23)18-15)12-7-4-8-13(10-12)20(24)25/h1-10H,(H,18,21,23)/b14-9-. The Bertz CT molecular complexity index is 921. The summed E-state index contributed by atoms with van der Waals surface area (Å²) >= 11 is 0. The molecule has 1 heterocycles. The number of hydrogen-bond acceptors (Lipinski definition) is 5. The lowest BCUT2D eigenvalue weighted by Crippen LogP contribution is -2.54. The molecule has 25 heavy (non-hydrogen) atoms. The van der Waals surface area contributed by atoms with Crippen LogP contribution in [0.3, 0.4) is 0 Å². The highest BCUT2D eigenvalue weighted by atomic mass is 16.6. The molecule has 0 unspecified atom stereocenters. The third-order valence-corrected chi connectivity index (χ3v) is 3.51. The van der Waals surface area contributed by atoms with E-state index >= 15 is 0 Å². The van der Waals surface area contributed by atoms with Crippen LogP contribution in [0.25, 0.3) is 6.08 Å². The van der Waals surface area contributed by atoms with Gasteiger partial charge in [0.2, 0.25) is 0 Å². The monoisotopic (exact) mass is 337 g/mol. The Labute approximate surface area is 141 Å². The SMILES string of the molecule is O=C1NC(=O)N(c2cccc([N+](=O)[O-])c2)C(=O)/C1=C\c1ccccc1. The number of nitrogens with one attached hydrogen (secondary N) is 1. The number of amides is 4. The molecule has 0 spiro atoms.